The minimum Gasteiger partial charge on any atom is -0.309 e. The summed E-state index contributed by atoms with van der Waals surface area (Å²) < 4.78 is 50.1. The number of hydrogen-bond donors (Lipinski definition) is 0. The normalized spacial score (nSPS) is 11.7. The zero-order valence-electron chi connectivity index (χ0n) is 46.4. The van der Waals surface area contributed by atoms with Crippen LogP contribution < -0.4 is 0 Å². The first-order chi connectivity index (χ1) is 40.4. The molecule has 0 unspecified atom stereocenters. The third kappa shape index (κ3) is 9.23. The Morgan fingerprint density at radius 3 is 0.988 bits per heavy atom. The van der Waals surface area contributed by atoms with Crippen molar-refractivity contribution in [2.75, 3.05) is 0 Å². The molecule has 0 saturated heterocycles. The molecule has 7 aromatic carbocycles. The summed E-state index contributed by atoms with van der Waals surface area (Å²) in [4.78, 5) is 55.4. The number of fused-ring (bicyclic) bond motifs is 6. The van der Waals surface area contributed by atoms with Gasteiger partial charge < -0.3 is 9.13 Å². The molecule has 6 heterocycles. The number of alkyl halides is 3. The first-order valence-corrected chi connectivity index (χ1v) is 26.6. The zero-order valence-corrected chi connectivity index (χ0v) is 46.4. The van der Waals surface area contributed by atoms with Crippen LogP contribution in [0.25, 0.3) is 123 Å². The van der Waals surface area contributed by atoms with Crippen LogP contribution in [0.15, 0.2) is 127 Å². The molecular formula is C65H45F3N16. The van der Waals surface area contributed by atoms with Crippen LogP contribution in [0.5, 0.6) is 0 Å². The fourth-order valence-corrected chi connectivity index (χ4v) is 11.3. The fraction of sp³-hybridized carbons (Fsp3) is 0.138. The molecule has 406 valence electrons. The van der Waals surface area contributed by atoms with Gasteiger partial charge in [0.15, 0.2) is 23.3 Å². The molecule has 16 nitrogen and oxygen atoms in total. The molecule has 0 aliphatic heterocycles. The van der Waals surface area contributed by atoms with Gasteiger partial charge in [-0.15, -0.1) is 0 Å². The van der Waals surface area contributed by atoms with E-state index in [-0.39, 0.29) is 16.7 Å². The maximum atomic E-state index is 15.3. The molecule has 0 N–H and O–H groups in total. The van der Waals surface area contributed by atoms with Crippen LogP contribution in [0.4, 0.5) is 13.2 Å². The Balaban J connectivity index is 1.14. The van der Waals surface area contributed by atoms with E-state index in [4.69, 9.17) is 39.9 Å². The number of hydrogen-bond acceptors (Lipinski definition) is 14. The molecule has 0 saturated carbocycles. The van der Waals surface area contributed by atoms with Crippen LogP contribution in [0.2, 0.25) is 0 Å². The molecule has 0 bridgehead atoms. The fourth-order valence-electron chi connectivity index (χ4n) is 11.3. The van der Waals surface area contributed by atoms with E-state index in [2.05, 4.69) is 35.1 Å². The van der Waals surface area contributed by atoms with E-state index in [1.54, 1.807) is 24.3 Å². The van der Waals surface area contributed by atoms with Crippen molar-refractivity contribution in [1.29, 1.82) is 10.5 Å². The quantitative estimate of drug-likeness (QED) is 0.138. The van der Waals surface area contributed by atoms with Crippen LogP contribution in [0, 0.1) is 78.1 Å². The summed E-state index contributed by atoms with van der Waals surface area (Å²) in [6, 6.07) is 42.3. The third-order valence-electron chi connectivity index (χ3n) is 14.7. The zero-order chi connectivity index (χ0) is 58.5. The van der Waals surface area contributed by atoms with Crippen LogP contribution in [-0.2, 0) is 6.18 Å². The highest BCUT2D eigenvalue weighted by molar-refractivity contribution is 6.14. The van der Waals surface area contributed by atoms with E-state index < -0.39 is 11.7 Å². The highest BCUT2D eigenvalue weighted by atomic mass is 19.4. The SMILES string of the molecule is Cc1nc(C)nc(-c2ccc3c(c2)c2cc(-c4nc(C)nc(C)n4)ccc2n3-c2ccc(-c3ccc(C#N)cc3C(F)(F)F)cc2-c2ccc(C#N)cc2-n2c3ccc(-c4nc(C)nc(C)n4)cc3c3cc(-c4nc(C)nc(C)n4)ccc32)n1. The molecule has 84 heavy (non-hydrogen) atoms. The standard InChI is InChI=1S/C65H45F3N16/c1-32-71-33(2)76-61(75-32)43-12-19-56-50(26-43)51-27-44(62-77-34(3)72-35(4)78-62)13-20-57(51)83(56)55-18-11-42(47-16-9-40(30-69)23-54(47)65(66,67)68)25-49(55)48-17-10-41(31-70)24-60(48)84-58-21-14-45(63-79-36(5)73-37(6)80-63)28-52(58)53-29-46(15-22-59(53)84)64-81-38(7)74-39(8)82-64/h9-29H,1-8H3. The smallest absolute Gasteiger partial charge is 0.309 e. The predicted molar refractivity (Wildman–Crippen MR) is 314 cm³/mol. The van der Waals surface area contributed by atoms with Gasteiger partial charge in [-0.2, -0.15) is 23.7 Å². The Morgan fingerprint density at radius 1 is 0.321 bits per heavy atom. The van der Waals surface area contributed by atoms with Crippen LogP contribution in [0.1, 0.15) is 63.3 Å². The first kappa shape index (κ1) is 52.3. The van der Waals surface area contributed by atoms with E-state index in [9.17, 15) is 10.5 Å². The van der Waals surface area contributed by atoms with E-state index in [1.165, 1.54) is 12.1 Å². The summed E-state index contributed by atoms with van der Waals surface area (Å²) in [6.45, 7) is 14.5. The van der Waals surface area contributed by atoms with Gasteiger partial charge in [0.2, 0.25) is 0 Å². The average molecular weight is 1110 g/mol. The van der Waals surface area contributed by atoms with Crippen molar-refractivity contribution in [3.63, 3.8) is 0 Å². The molecule has 13 rings (SSSR count). The van der Waals surface area contributed by atoms with Crippen molar-refractivity contribution in [3.8, 4) is 91.3 Å². The van der Waals surface area contributed by atoms with Gasteiger partial charge in [-0.05, 0) is 176 Å². The lowest BCUT2D eigenvalue weighted by molar-refractivity contribution is -0.137. The third-order valence-corrected chi connectivity index (χ3v) is 14.7. The number of aromatic nitrogens is 14. The van der Waals surface area contributed by atoms with Crippen LogP contribution >= 0.6 is 0 Å². The molecule has 0 fully saturated rings. The Bertz CT molecular complexity index is 4750. The van der Waals surface area contributed by atoms with Gasteiger partial charge >= 0.3 is 6.18 Å². The summed E-state index contributed by atoms with van der Waals surface area (Å²) >= 11 is 0. The van der Waals surface area contributed by atoms with Crippen LogP contribution in [0.3, 0.4) is 0 Å². The van der Waals surface area contributed by atoms with Crippen molar-refractivity contribution >= 4 is 43.6 Å². The number of benzene rings is 7. The lowest BCUT2D eigenvalue weighted by Crippen LogP contribution is -2.08. The number of rotatable bonds is 8. The van der Waals surface area contributed by atoms with E-state index >= 15 is 13.2 Å². The first-order valence-electron chi connectivity index (χ1n) is 26.6. The largest absolute Gasteiger partial charge is 0.417 e. The summed E-state index contributed by atoms with van der Waals surface area (Å²) in [6.07, 6.45) is -4.83. The number of nitriles is 2. The lowest BCUT2D eigenvalue weighted by Gasteiger charge is -2.21. The maximum absolute atomic E-state index is 15.3. The second kappa shape index (κ2) is 19.9. The second-order valence-corrected chi connectivity index (χ2v) is 20.6. The van der Waals surface area contributed by atoms with Crippen LogP contribution in [-0.4, -0.2) is 68.9 Å². The number of nitrogens with zero attached hydrogens (tertiary/aromatic N) is 16. The Kier molecular flexibility index (Phi) is 12.4. The maximum Gasteiger partial charge on any atom is 0.417 e. The summed E-state index contributed by atoms with van der Waals surface area (Å²) in [5, 5.41) is 23.8. The summed E-state index contributed by atoms with van der Waals surface area (Å²) in [7, 11) is 0. The minimum atomic E-state index is -4.83. The highest BCUT2D eigenvalue weighted by Crippen LogP contribution is 2.46. The molecular weight excluding hydrogens is 1060 g/mol. The van der Waals surface area contributed by atoms with E-state index in [0.717, 1.165) is 71.9 Å². The van der Waals surface area contributed by atoms with Crippen molar-refractivity contribution < 1.29 is 13.2 Å². The monoisotopic (exact) mass is 1110 g/mol. The molecule has 0 atom stereocenters. The van der Waals surface area contributed by atoms with Gasteiger partial charge in [-0.3, -0.25) is 0 Å². The van der Waals surface area contributed by atoms with Crippen molar-refractivity contribution in [3.05, 3.63) is 191 Å². The molecule has 0 aliphatic carbocycles. The average Bonchev–Trinajstić information content (AvgIpc) is 1.67. The highest BCUT2D eigenvalue weighted by Gasteiger charge is 2.35. The minimum absolute atomic E-state index is 0.128. The number of aryl methyl sites for hydroxylation is 8. The second-order valence-electron chi connectivity index (χ2n) is 20.6. The molecule has 13 aromatic rings. The summed E-state index contributed by atoms with van der Waals surface area (Å²) in [5.41, 5.74) is 7.47. The Hall–Kier alpha value is -11.1. The van der Waals surface area contributed by atoms with Gasteiger partial charge in [0.25, 0.3) is 0 Å². The number of halogens is 3. The molecule has 0 amide bonds. The summed E-state index contributed by atoms with van der Waals surface area (Å²) in [5.74, 6) is 6.44. The van der Waals surface area contributed by atoms with Gasteiger partial charge in [-0.1, -0.05) is 18.2 Å². The molecule has 0 aliphatic rings. The van der Waals surface area contributed by atoms with E-state index in [0.29, 0.717) is 98.0 Å². The van der Waals surface area contributed by atoms with Crippen molar-refractivity contribution in [2.45, 2.75) is 61.6 Å². The van der Waals surface area contributed by atoms with Gasteiger partial charge in [-0.25, -0.2) is 59.8 Å². The molecule has 0 radical (unpaired) electrons. The van der Waals surface area contributed by atoms with Gasteiger partial charge in [0.1, 0.15) is 46.6 Å². The Morgan fingerprint density at radius 2 is 0.643 bits per heavy atom. The van der Waals surface area contributed by atoms with Crippen molar-refractivity contribution in [2.24, 2.45) is 0 Å². The lowest BCUT2D eigenvalue weighted by atomic mass is 9.92. The molecule has 6 aromatic heterocycles. The molecule has 19 heteroatoms. The van der Waals surface area contributed by atoms with E-state index in [1.807, 2.05) is 146 Å². The van der Waals surface area contributed by atoms with Gasteiger partial charge in [0, 0.05) is 54.9 Å². The Labute approximate surface area is 477 Å². The molecule has 0 spiro atoms. The van der Waals surface area contributed by atoms with Crippen molar-refractivity contribution in [1.82, 2.24) is 68.9 Å². The predicted octanol–water partition coefficient (Wildman–Crippen LogP) is 13.9. The van der Waals surface area contributed by atoms with Gasteiger partial charge in [0.05, 0.1) is 62.3 Å². The topological polar surface area (TPSA) is 212 Å².